The molecule has 0 aromatic carbocycles. The summed E-state index contributed by atoms with van der Waals surface area (Å²) in [7, 11) is 0. The molecule has 0 unspecified atom stereocenters. The topological polar surface area (TPSA) is 58.8 Å². The Morgan fingerprint density at radius 3 is 2.71 bits per heavy atom. The van der Waals surface area contributed by atoms with Crippen molar-refractivity contribution in [2.75, 3.05) is 31.1 Å². The SMILES string of the molecule is CC(C)(C)OC(=O)N1CCN(c2onc3sccc23)CC1. The zero-order chi connectivity index (χ0) is 15.0. The lowest BCUT2D eigenvalue weighted by Gasteiger charge is -2.35. The van der Waals surface area contributed by atoms with Crippen LogP contribution in [-0.2, 0) is 4.74 Å². The van der Waals surface area contributed by atoms with E-state index < -0.39 is 5.60 Å². The van der Waals surface area contributed by atoms with Gasteiger partial charge >= 0.3 is 6.09 Å². The summed E-state index contributed by atoms with van der Waals surface area (Å²) in [6.45, 7) is 8.33. The first-order chi connectivity index (χ1) is 9.94. The Morgan fingerprint density at radius 1 is 1.33 bits per heavy atom. The second-order valence-electron chi connectivity index (χ2n) is 6.08. The molecule has 0 atom stereocenters. The van der Waals surface area contributed by atoms with E-state index in [-0.39, 0.29) is 6.09 Å². The van der Waals surface area contributed by atoms with Gasteiger partial charge in [0.25, 0.3) is 0 Å². The van der Waals surface area contributed by atoms with Gasteiger partial charge in [-0.25, -0.2) is 4.79 Å². The van der Waals surface area contributed by atoms with E-state index in [1.807, 2.05) is 32.2 Å². The van der Waals surface area contributed by atoms with Crippen LogP contribution in [0.5, 0.6) is 0 Å². The summed E-state index contributed by atoms with van der Waals surface area (Å²) in [5.74, 6) is 0.801. The molecule has 0 radical (unpaired) electrons. The Morgan fingerprint density at radius 2 is 2.05 bits per heavy atom. The summed E-state index contributed by atoms with van der Waals surface area (Å²) < 4.78 is 10.8. The zero-order valence-corrected chi connectivity index (χ0v) is 13.3. The predicted molar refractivity (Wildman–Crippen MR) is 81.9 cm³/mol. The number of amides is 1. The highest BCUT2D eigenvalue weighted by molar-refractivity contribution is 7.16. The highest BCUT2D eigenvalue weighted by Crippen LogP contribution is 2.30. The van der Waals surface area contributed by atoms with Crippen LogP contribution in [0.15, 0.2) is 16.0 Å². The summed E-state index contributed by atoms with van der Waals surface area (Å²) in [4.78, 5) is 16.8. The molecule has 3 heterocycles. The first kappa shape index (κ1) is 14.2. The number of thiophene rings is 1. The lowest BCUT2D eigenvalue weighted by atomic mass is 10.2. The lowest BCUT2D eigenvalue weighted by molar-refractivity contribution is 0.0239. The molecule has 1 aliphatic heterocycles. The zero-order valence-electron chi connectivity index (χ0n) is 12.5. The third-order valence-corrected chi connectivity index (χ3v) is 4.10. The average molecular weight is 309 g/mol. The van der Waals surface area contributed by atoms with E-state index in [1.54, 1.807) is 16.2 Å². The molecule has 1 aliphatic rings. The maximum absolute atomic E-state index is 12.0. The number of rotatable bonds is 1. The highest BCUT2D eigenvalue weighted by Gasteiger charge is 2.28. The molecule has 7 heteroatoms. The lowest BCUT2D eigenvalue weighted by Crippen LogP contribution is -2.50. The van der Waals surface area contributed by atoms with Gasteiger partial charge in [0.05, 0.1) is 5.39 Å². The van der Waals surface area contributed by atoms with Gasteiger partial charge in [-0.2, -0.15) is 0 Å². The van der Waals surface area contributed by atoms with Gasteiger partial charge in [-0.05, 0) is 32.2 Å². The highest BCUT2D eigenvalue weighted by atomic mass is 32.1. The van der Waals surface area contributed by atoms with E-state index >= 15 is 0 Å². The van der Waals surface area contributed by atoms with Crippen molar-refractivity contribution in [2.45, 2.75) is 26.4 Å². The molecule has 6 nitrogen and oxygen atoms in total. The normalized spacial score (nSPS) is 16.5. The van der Waals surface area contributed by atoms with Gasteiger partial charge in [0.2, 0.25) is 5.88 Å². The number of ether oxygens (including phenoxy) is 1. The van der Waals surface area contributed by atoms with Crippen molar-refractivity contribution in [2.24, 2.45) is 0 Å². The molecular formula is C14H19N3O3S. The van der Waals surface area contributed by atoms with Crippen LogP contribution < -0.4 is 4.90 Å². The van der Waals surface area contributed by atoms with E-state index in [0.29, 0.717) is 13.1 Å². The molecule has 21 heavy (non-hydrogen) atoms. The fraction of sp³-hybridized carbons (Fsp3) is 0.571. The number of anilines is 1. The van der Waals surface area contributed by atoms with Crippen molar-refractivity contribution in [3.8, 4) is 0 Å². The number of carbonyl (C=O) groups is 1. The minimum absolute atomic E-state index is 0.250. The number of fused-ring (bicyclic) bond motifs is 1. The Kier molecular flexibility index (Phi) is 3.52. The quantitative estimate of drug-likeness (QED) is 0.810. The van der Waals surface area contributed by atoms with Crippen molar-refractivity contribution >= 4 is 33.5 Å². The van der Waals surface area contributed by atoms with Crippen LogP contribution in [0.4, 0.5) is 10.7 Å². The predicted octanol–water partition coefficient (Wildman–Crippen LogP) is 2.95. The summed E-state index contributed by atoms with van der Waals surface area (Å²) in [6.07, 6.45) is -0.250. The van der Waals surface area contributed by atoms with Crippen molar-refractivity contribution in [3.63, 3.8) is 0 Å². The largest absolute Gasteiger partial charge is 0.444 e. The molecule has 0 bridgehead atoms. The molecule has 1 amide bonds. The van der Waals surface area contributed by atoms with Gasteiger partial charge in [-0.1, -0.05) is 5.16 Å². The molecule has 2 aromatic heterocycles. The Hall–Kier alpha value is -1.76. The van der Waals surface area contributed by atoms with Crippen molar-refractivity contribution in [3.05, 3.63) is 11.4 Å². The number of hydrogen-bond donors (Lipinski definition) is 0. The summed E-state index contributed by atoms with van der Waals surface area (Å²) in [5.41, 5.74) is -0.456. The number of aromatic nitrogens is 1. The van der Waals surface area contributed by atoms with Gasteiger partial charge in [0.15, 0.2) is 4.83 Å². The summed E-state index contributed by atoms with van der Waals surface area (Å²) in [6, 6.07) is 2.02. The van der Waals surface area contributed by atoms with Crippen molar-refractivity contribution < 1.29 is 14.1 Å². The van der Waals surface area contributed by atoms with Crippen LogP contribution in [0.2, 0.25) is 0 Å². The van der Waals surface area contributed by atoms with Crippen LogP contribution >= 0.6 is 11.3 Å². The van der Waals surface area contributed by atoms with Crippen LogP contribution in [0.25, 0.3) is 10.2 Å². The molecule has 0 saturated carbocycles. The Balaban J connectivity index is 1.63. The smallest absolute Gasteiger partial charge is 0.410 e. The second kappa shape index (κ2) is 5.22. The standard InChI is InChI=1S/C14H19N3O3S/c1-14(2,3)19-13(18)17-7-5-16(6-8-17)12-10-4-9-21-11(10)15-20-12/h4,9H,5-8H2,1-3H3. The van der Waals surface area contributed by atoms with Crippen molar-refractivity contribution in [1.29, 1.82) is 0 Å². The molecule has 0 aliphatic carbocycles. The van der Waals surface area contributed by atoms with E-state index in [1.165, 1.54) is 0 Å². The fourth-order valence-electron chi connectivity index (χ4n) is 2.32. The van der Waals surface area contributed by atoms with Crippen LogP contribution in [0.1, 0.15) is 20.8 Å². The minimum Gasteiger partial charge on any atom is -0.444 e. The van der Waals surface area contributed by atoms with Crippen molar-refractivity contribution in [1.82, 2.24) is 10.1 Å². The van der Waals surface area contributed by atoms with Crippen LogP contribution in [-0.4, -0.2) is 47.9 Å². The van der Waals surface area contributed by atoms with Crippen LogP contribution in [0, 0.1) is 0 Å². The molecule has 3 rings (SSSR count). The third-order valence-electron chi connectivity index (χ3n) is 3.31. The van der Waals surface area contributed by atoms with E-state index in [4.69, 9.17) is 9.26 Å². The number of carbonyl (C=O) groups excluding carboxylic acids is 1. The third kappa shape index (κ3) is 2.97. The molecule has 114 valence electrons. The average Bonchev–Trinajstić information content (AvgIpc) is 2.99. The summed E-state index contributed by atoms with van der Waals surface area (Å²) in [5, 5.41) is 7.11. The number of hydrogen-bond acceptors (Lipinski definition) is 6. The molecule has 0 N–H and O–H groups in total. The molecule has 0 spiro atoms. The van der Waals surface area contributed by atoms with E-state index in [0.717, 1.165) is 29.2 Å². The minimum atomic E-state index is -0.456. The maximum Gasteiger partial charge on any atom is 0.410 e. The Bertz CT molecular complexity index is 635. The molecule has 1 fully saturated rings. The van der Waals surface area contributed by atoms with Gasteiger partial charge in [-0.15, -0.1) is 11.3 Å². The number of piperazine rings is 1. The van der Waals surface area contributed by atoms with E-state index in [2.05, 4.69) is 10.1 Å². The maximum atomic E-state index is 12.0. The Labute approximate surface area is 127 Å². The van der Waals surface area contributed by atoms with Gasteiger partial charge in [-0.3, -0.25) is 0 Å². The second-order valence-corrected chi connectivity index (χ2v) is 6.98. The molecule has 1 saturated heterocycles. The fourth-order valence-corrected chi connectivity index (χ4v) is 3.01. The van der Waals surface area contributed by atoms with Gasteiger partial charge in [0.1, 0.15) is 5.60 Å². The van der Waals surface area contributed by atoms with Gasteiger partial charge in [0, 0.05) is 26.2 Å². The molecular weight excluding hydrogens is 290 g/mol. The number of nitrogens with zero attached hydrogens (tertiary/aromatic N) is 3. The monoisotopic (exact) mass is 309 g/mol. The van der Waals surface area contributed by atoms with E-state index in [9.17, 15) is 4.79 Å². The first-order valence-electron chi connectivity index (χ1n) is 7.00. The molecule has 2 aromatic rings. The first-order valence-corrected chi connectivity index (χ1v) is 7.88. The van der Waals surface area contributed by atoms with Crippen LogP contribution in [0.3, 0.4) is 0 Å². The summed E-state index contributed by atoms with van der Waals surface area (Å²) >= 11 is 1.57. The van der Waals surface area contributed by atoms with Gasteiger partial charge < -0.3 is 19.1 Å².